The molecule has 0 bridgehead atoms. The van der Waals surface area contributed by atoms with Gasteiger partial charge in [-0.3, -0.25) is 4.79 Å². The molecule has 1 N–H and O–H groups in total. The van der Waals surface area contributed by atoms with Crippen molar-refractivity contribution < 1.29 is 9.90 Å². The predicted octanol–water partition coefficient (Wildman–Crippen LogP) is 3.06. The Hall–Kier alpha value is -0.830. The Morgan fingerprint density at radius 1 is 1.50 bits per heavy atom. The molecule has 1 aliphatic heterocycles. The second-order valence-corrected chi connectivity index (χ2v) is 5.64. The molecule has 102 valence electrons. The number of nitrogens with zero attached hydrogens (tertiary/aromatic N) is 1. The highest BCUT2D eigenvalue weighted by molar-refractivity contribution is 5.66. The van der Waals surface area contributed by atoms with Gasteiger partial charge in [-0.2, -0.15) is 0 Å². The molecule has 2 rings (SSSR count). The van der Waals surface area contributed by atoms with Crippen LogP contribution in [0.4, 0.5) is 0 Å². The fourth-order valence-corrected chi connectivity index (χ4v) is 3.56. The molecule has 1 saturated heterocycles. The number of carboxylic acids is 1. The second-order valence-electron chi connectivity index (χ2n) is 5.64. The minimum atomic E-state index is -0.687. The third-order valence-corrected chi connectivity index (χ3v) is 4.54. The van der Waals surface area contributed by atoms with Crippen molar-refractivity contribution in [2.45, 2.75) is 57.9 Å². The Morgan fingerprint density at radius 3 is 3.06 bits per heavy atom. The van der Waals surface area contributed by atoms with Gasteiger partial charge in [0.05, 0.1) is 0 Å². The van der Waals surface area contributed by atoms with E-state index in [4.69, 9.17) is 5.11 Å². The van der Waals surface area contributed by atoms with Gasteiger partial charge in [-0.25, -0.2) is 0 Å². The number of hydrogen-bond acceptors (Lipinski definition) is 2. The molecule has 0 aromatic carbocycles. The minimum Gasteiger partial charge on any atom is -0.481 e. The van der Waals surface area contributed by atoms with Gasteiger partial charge in [0.2, 0.25) is 0 Å². The molecular formula is C15H25NO2. The largest absolute Gasteiger partial charge is 0.481 e. The zero-order valence-corrected chi connectivity index (χ0v) is 11.4. The first kappa shape index (κ1) is 13.6. The highest BCUT2D eigenvalue weighted by atomic mass is 16.4. The summed E-state index contributed by atoms with van der Waals surface area (Å²) in [4.78, 5) is 13.2. The van der Waals surface area contributed by atoms with E-state index >= 15 is 0 Å². The molecule has 3 nitrogen and oxygen atoms in total. The van der Waals surface area contributed by atoms with Crippen molar-refractivity contribution in [3.05, 3.63) is 11.6 Å². The summed E-state index contributed by atoms with van der Waals surface area (Å²) in [6, 6.07) is 0.730. The lowest BCUT2D eigenvalue weighted by atomic mass is 9.76. The van der Waals surface area contributed by atoms with E-state index in [0.29, 0.717) is 6.42 Å². The summed E-state index contributed by atoms with van der Waals surface area (Å²) in [5.74, 6) is 0.198. The van der Waals surface area contributed by atoms with E-state index in [9.17, 15) is 4.79 Å². The van der Waals surface area contributed by atoms with E-state index < -0.39 is 5.97 Å². The van der Waals surface area contributed by atoms with Gasteiger partial charge >= 0.3 is 5.97 Å². The van der Waals surface area contributed by atoms with Crippen LogP contribution in [0.1, 0.15) is 51.9 Å². The third-order valence-electron chi connectivity index (χ3n) is 4.54. The van der Waals surface area contributed by atoms with Crippen LogP contribution in [0.25, 0.3) is 0 Å². The quantitative estimate of drug-likeness (QED) is 0.781. The molecule has 3 heteroatoms. The average Bonchev–Trinajstić information content (AvgIpc) is 2.37. The van der Waals surface area contributed by atoms with E-state index in [-0.39, 0.29) is 6.42 Å². The number of carbonyl (C=O) groups is 1. The number of rotatable bonds is 4. The summed E-state index contributed by atoms with van der Waals surface area (Å²) >= 11 is 0. The Morgan fingerprint density at radius 2 is 2.33 bits per heavy atom. The monoisotopic (exact) mass is 251 g/mol. The van der Waals surface area contributed by atoms with Gasteiger partial charge in [0, 0.05) is 12.5 Å². The molecule has 2 fully saturated rings. The van der Waals surface area contributed by atoms with E-state index in [2.05, 4.69) is 17.9 Å². The van der Waals surface area contributed by atoms with Gasteiger partial charge in [-0.1, -0.05) is 18.6 Å². The normalized spacial score (nSPS) is 31.3. The number of likely N-dealkylation sites (tertiary alicyclic amines) is 1. The summed E-state index contributed by atoms with van der Waals surface area (Å²) in [6.45, 7) is 4.66. The molecular weight excluding hydrogens is 226 g/mol. The van der Waals surface area contributed by atoms with Gasteiger partial charge in [0.1, 0.15) is 0 Å². The highest BCUT2D eigenvalue weighted by Gasteiger charge is 2.33. The topological polar surface area (TPSA) is 40.5 Å². The molecule has 2 unspecified atom stereocenters. The van der Waals surface area contributed by atoms with E-state index in [1.807, 2.05) is 0 Å². The van der Waals surface area contributed by atoms with Crippen LogP contribution in [-0.2, 0) is 4.79 Å². The van der Waals surface area contributed by atoms with E-state index in [0.717, 1.165) is 18.5 Å². The van der Waals surface area contributed by atoms with Crippen LogP contribution in [-0.4, -0.2) is 35.1 Å². The summed E-state index contributed by atoms with van der Waals surface area (Å²) in [7, 11) is 0. The van der Waals surface area contributed by atoms with Crippen LogP contribution in [0, 0.1) is 5.92 Å². The van der Waals surface area contributed by atoms with Crippen LogP contribution < -0.4 is 0 Å². The lowest BCUT2D eigenvalue weighted by molar-refractivity contribution is -0.136. The molecule has 0 aromatic heterocycles. The molecule has 1 heterocycles. The lowest BCUT2D eigenvalue weighted by Gasteiger charge is -2.44. The van der Waals surface area contributed by atoms with Crippen molar-refractivity contribution in [2.75, 3.05) is 13.1 Å². The smallest absolute Gasteiger partial charge is 0.303 e. The standard InChI is InChI=1S/C15H25NO2/c1-2-16-10-4-6-13-9-8-12(11-14(13)16)5-3-7-15(17)18/h5,13-14H,2-4,6-11H2,1H3,(H,17,18)/b12-5+. The third kappa shape index (κ3) is 3.35. The average molecular weight is 251 g/mol. The number of aliphatic carboxylic acids is 1. The van der Waals surface area contributed by atoms with Crippen LogP contribution >= 0.6 is 0 Å². The van der Waals surface area contributed by atoms with Gasteiger partial charge < -0.3 is 10.0 Å². The molecule has 18 heavy (non-hydrogen) atoms. The van der Waals surface area contributed by atoms with Crippen molar-refractivity contribution in [3.8, 4) is 0 Å². The maximum atomic E-state index is 10.5. The summed E-state index contributed by atoms with van der Waals surface area (Å²) in [5, 5.41) is 8.67. The van der Waals surface area contributed by atoms with Crippen molar-refractivity contribution in [1.82, 2.24) is 4.90 Å². The molecule has 0 spiro atoms. The SMILES string of the molecule is CCN1CCCC2CC/C(=C\CCC(=O)O)CC21. The Kier molecular flexibility index (Phi) is 4.81. The fourth-order valence-electron chi connectivity index (χ4n) is 3.56. The van der Waals surface area contributed by atoms with Crippen molar-refractivity contribution in [1.29, 1.82) is 0 Å². The maximum absolute atomic E-state index is 10.5. The molecule has 0 radical (unpaired) electrons. The Labute approximate surface area is 110 Å². The summed E-state index contributed by atoms with van der Waals surface area (Å²) < 4.78 is 0. The minimum absolute atomic E-state index is 0.273. The van der Waals surface area contributed by atoms with Gasteiger partial charge in [-0.15, -0.1) is 0 Å². The predicted molar refractivity (Wildman–Crippen MR) is 72.6 cm³/mol. The van der Waals surface area contributed by atoms with Crippen LogP contribution in [0.15, 0.2) is 11.6 Å². The lowest BCUT2D eigenvalue weighted by Crippen LogP contribution is -2.46. The van der Waals surface area contributed by atoms with E-state index in [1.54, 1.807) is 0 Å². The van der Waals surface area contributed by atoms with Crippen molar-refractivity contribution >= 4 is 5.97 Å². The Balaban J connectivity index is 1.91. The van der Waals surface area contributed by atoms with Gasteiger partial charge in [-0.05, 0) is 57.5 Å². The van der Waals surface area contributed by atoms with Crippen molar-refractivity contribution in [3.63, 3.8) is 0 Å². The summed E-state index contributed by atoms with van der Waals surface area (Å²) in [6.07, 6.45) is 9.59. The second kappa shape index (κ2) is 6.37. The zero-order valence-electron chi connectivity index (χ0n) is 11.4. The van der Waals surface area contributed by atoms with Crippen molar-refractivity contribution in [2.24, 2.45) is 5.92 Å². The Bertz CT molecular complexity index is 318. The van der Waals surface area contributed by atoms with Crippen LogP contribution in [0.5, 0.6) is 0 Å². The number of fused-ring (bicyclic) bond motifs is 1. The van der Waals surface area contributed by atoms with Gasteiger partial charge in [0.15, 0.2) is 0 Å². The summed E-state index contributed by atoms with van der Waals surface area (Å²) in [5.41, 5.74) is 1.50. The number of carboxylic acid groups (broad SMARTS) is 1. The molecule has 1 aliphatic carbocycles. The molecule has 0 aromatic rings. The fraction of sp³-hybridized carbons (Fsp3) is 0.800. The van der Waals surface area contributed by atoms with Crippen LogP contribution in [0.2, 0.25) is 0 Å². The number of allylic oxidation sites excluding steroid dienone is 1. The molecule has 0 amide bonds. The first-order valence-corrected chi connectivity index (χ1v) is 7.34. The molecule has 2 atom stereocenters. The zero-order chi connectivity index (χ0) is 13.0. The molecule has 1 saturated carbocycles. The number of piperidine rings is 1. The van der Waals surface area contributed by atoms with Crippen LogP contribution in [0.3, 0.4) is 0 Å². The number of hydrogen-bond donors (Lipinski definition) is 1. The van der Waals surface area contributed by atoms with E-state index in [1.165, 1.54) is 44.2 Å². The molecule has 2 aliphatic rings. The highest BCUT2D eigenvalue weighted by Crippen LogP contribution is 2.37. The first-order chi connectivity index (χ1) is 8.70. The maximum Gasteiger partial charge on any atom is 0.303 e. The van der Waals surface area contributed by atoms with Gasteiger partial charge in [0.25, 0.3) is 0 Å². The first-order valence-electron chi connectivity index (χ1n) is 7.34.